The minimum atomic E-state index is 0.739. The summed E-state index contributed by atoms with van der Waals surface area (Å²) in [5, 5.41) is 3.27. The summed E-state index contributed by atoms with van der Waals surface area (Å²) >= 11 is 0. The van der Waals surface area contributed by atoms with E-state index in [1.165, 1.54) is 18.4 Å². The molecule has 1 N–H and O–H groups in total. The molecule has 2 heteroatoms. The van der Waals surface area contributed by atoms with E-state index in [9.17, 15) is 0 Å². The molecule has 1 unspecified atom stereocenters. The summed E-state index contributed by atoms with van der Waals surface area (Å²) < 4.78 is 5.16. The van der Waals surface area contributed by atoms with Gasteiger partial charge in [-0.1, -0.05) is 25.5 Å². The first-order chi connectivity index (χ1) is 7.80. The number of methoxy groups -OCH3 is 1. The van der Waals surface area contributed by atoms with Gasteiger partial charge in [0.05, 0.1) is 7.11 Å². The van der Waals surface area contributed by atoms with Gasteiger partial charge < -0.3 is 10.1 Å². The Balaban J connectivity index is 2.54. The molecule has 16 heavy (non-hydrogen) atoms. The molecule has 0 saturated carbocycles. The first kappa shape index (κ1) is 13.0. The fourth-order valence-electron chi connectivity index (χ4n) is 2.07. The van der Waals surface area contributed by atoms with E-state index in [0.717, 1.165) is 24.6 Å². The number of benzene rings is 1. The summed E-state index contributed by atoms with van der Waals surface area (Å²) in [6.07, 6.45) is 3.69. The fourth-order valence-corrected chi connectivity index (χ4v) is 2.07. The summed E-state index contributed by atoms with van der Waals surface area (Å²) in [5.74, 6) is 1.67. The molecule has 0 amide bonds. The predicted molar refractivity (Wildman–Crippen MR) is 69.0 cm³/mol. The van der Waals surface area contributed by atoms with Gasteiger partial charge in [0.25, 0.3) is 0 Å². The average Bonchev–Trinajstić information content (AvgIpc) is 2.31. The summed E-state index contributed by atoms with van der Waals surface area (Å²) in [6, 6.07) is 8.41. The van der Waals surface area contributed by atoms with Crippen LogP contribution in [0.15, 0.2) is 24.3 Å². The highest BCUT2D eigenvalue weighted by Crippen LogP contribution is 2.17. The third kappa shape index (κ3) is 4.23. The van der Waals surface area contributed by atoms with Crippen molar-refractivity contribution in [3.05, 3.63) is 29.8 Å². The summed E-state index contributed by atoms with van der Waals surface area (Å²) in [7, 11) is 3.73. The monoisotopic (exact) mass is 221 g/mol. The standard InChI is InChI=1S/C14H23NO/c1-4-5-13(11-15-2)10-12-6-8-14(16-3)9-7-12/h6-9,13,15H,4-5,10-11H2,1-3H3. The topological polar surface area (TPSA) is 21.3 Å². The highest BCUT2D eigenvalue weighted by molar-refractivity contribution is 5.27. The van der Waals surface area contributed by atoms with Crippen molar-refractivity contribution in [1.82, 2.24) is 5.32 Å². The third-order valence-electron chi connectivity index (χ3n) is 2.87. The summed E-state index contributed by atoms with van der Waals surface area (Å²) in [5.41, 5.74) is 1.40. The van der Waals surface area contributed by atoms with Gasteiger partial charge >= 0.3 is 0 Å². The van der Waals surface area contributed by atoms with Crippen LogP contribution in [-0.4, -0.2) is 20.7 Å². The largest absolute Gasteiger partial charge is 0.497 e. The van der Waals surface area contributed by atoms with E-state index in [4.69, 9.17) is 4.74 Å². The molecule has 0 aliphatic carbocycles. The van der Waals surface area contributed by atoms with E-state index in [1.807, 2.05) is 19.2 Å². The molecule has 0 bridgehead atoms. The van der Waals surface area contributed by atoms with Crippen LogP contribution in [0.5, 0.6) is 5.75 Å². The van der Waals surface area contributed by atoms with Crippen molar-refractivity contribution >= 4 is 0 Å². The quantitative estimate of drug-likeness (QED) is 0.764. The maximum absolute atomic E-state index is 5.16. The Morgan fingerprint density at radius 2 is 1.94 bits per heavy atom. The molecular formula is C14H23NO. The maximum Gasteiger partial charge on any atom is 0.118 e. The molecule has 0 aliphatic heterocycles. The van der Waals surface area contributed by atoms with Crippen molar-refractivity contribution in [3.63, 3.8) is 0 Å². The van der Waals surface area contributed by atoms with E-state index >= 15 is 0 Å². The van der Waals surface area contributed by atoms with Crippen molar-refractivity contribution in [2.75, 3.05) is 20.7 Å². The highest BCUT2D eigenvalue weighted by atomic mass is 16.5. The van der Waals surface area contributed by atoms with Crippen LogP contribution in [0.4, 0.5) is 0 Å². The van der Waals surface area contributed by atoms with Crippen LogP contribution < -0.4 is 10.1 Å². The zero-order valence-electron chi connectivity index (χ0n) is 10.6. The Labute approximate surface area is 99.0 Å². The predicted octanol–water partition coefficient (Wildman–Crippen LogP) is 2.87. The van der Waals surface area contributed by atoms with Crippen LogP contribution in [0, 0.1) is 5.92 Å². The van der Waals surface area contributed by atoms with Crippen molar-refractivity contribution in [3.8, 4) is 5.75 Å². The van der Waals surface area contributed by atoms with Gasteiger partial charge in [0.2, 0.25) is 0 Å². The van der Waals surface area contributed by atoms with Gasteiger partial charge in [-0.05, 0) is 50.0 Å². The van der Waals surface area contributed by atoms with Gasteiger partial charge in [0.1, 0.15) is 5.75 Å². The van der Waals surface area contributed by atoms with Crippen molar-refractivity contribution < 1.29 is 4.74 Å². The molecule has 1 aromatic rings. The molecule has 2 nitrogen and oxygen atoms in total. The number of hydrogen-bond acceptors (Lipinski definition) is 2. The van der Waals surface area contributed by atoms with Crippen LogP contribution in [0.2, 0.25) is 0 Å². The Bertz CT molecular complexity index is 275. The number of rotatable bonds is 7. The smallest absolute Gasteiger partial charge is 0.118 e. The third-order valence-corrected chi connectivity index (χ3v) is 2.87. The highest BCUT2D eigenvalue weighted by Gasteiger charge is 2.07. The molecule has 0 fully saturated rings. The molecular weight excluding hydrogens is 198 g/mol. The number of nitrogens with one attached hydrogen (secondary N) is 1. The normalized spacial score (nSPS) is 12.4. The summed E-state index contributed by atoms with van der Waals surface area (Å²) in [6.45, 7) is 3.34. The SMILES string of the molecule is CCCC(CNC)Cc1ccc(OC)cc1. The maximum atomic E-state index is 5.16. The van der Waals surface area contributed by atoms with Gasteiger partial charge in [-0.2, -0.15) is 0 Å². The van der Waals surface area contributed by atoms with Gasteiger partial charge in [-0.15, -0.1) is 0 Å². The second-order valence-electron chi connectivity index (χ2n) is 4.26. The molecule has 1 rings (SSSR count). The Hall–Kier alpha value is -1.02. The molecule has 0 spiro atoms. The molecule has 1 atom stereocenters. The van der Waals surface area contributed by atoms with E-state index in [1.54, 1.807) is 7.11 Å². The molecule has 1 aromatic carbocycles. The van der Waals surface area contributed by atoms with Crippen molar-refractivity contribution in [2.45, 2.75) is 26.2 Å². The van der Waals surface area contributed by atoms with Crippen LogP contribution in [0.1, 0.15) is 25.3 Å². The second-order valence-corrected chi connectivity index (χ2v) is 4.26. The second kappa shape index (κ2) is 7.29. The zero-order chi connectivity index (χ0) is 11.8. The Morgan fingerprint density at radius 3 is 2.44 bits per heavy atom. The first-order valence-electron chi connectivity index (χ1n) is 6.07. The van der Waals surface area contributed by atoms with E-state index < -0.39 is 0 Å². The fraction of sp³-hybridized carbons (Fsp3) is 0.571. The molecule has 90 valence electrons. The van der Waals surface area contributed by atoms with E-state index in [2.05, 4.69) is 24.4 Å². The minimum Gasteiger partial charge on any atom is -0.497 e. The first-order valence-corrected chi connectivity index (χ1v) is 6.07. The molecule has 0 heterocycles. The lowest BCUT2D eigenvalue weighted by Crippen LogP contribution is -2.20. The number of ether oxygens (including phenoxy) is 1. The van der Waals surface area contributed by atoms with Gasteiger partial charge in [0.15, 0.2) is 0 Å². The lowest BCUT2D eigenvalue weighted by Gasteiger charge is -2.15. The average molecular weight is 221 g/mol. The lowest BCUT2D eigenvalue weighted by molar-refractivity contribution is 0.414. The molecule has 0 aromatic heterocycles. The van der Waals surface area contributed by atoms with Gasteiger partial charge in [-0.25, -0.2) is 0 Å². The number of hydrogen-bond donors (Lipinski definition) is 1. The van der Waals surface area contributed by atoms with Crippen LogP contribution in [0.25, 0.3) is 0 Å². The van der Waals surface area contributed by atoms with Crippen LogP contribution in [0.3, 0.4) is 0 Å². The van der Waals surface area contributed by atoms with Gasteiger partial charge in [0, 0.05) is 0 Å². The van der Waals surface area contributed by atoms with Crippen molar-refractivity contribution in [2.24, 2.45) is 5.92 Å². The van der Waals surface area contributed by atoms with Crippen LogP contribution >= 0.6 is 0 Å². The lowest BCUT2D eigenvalue weighted by atomic mass is 9.95. The molecule has 0 aliphatic rings. The van der Waals surface area contributed by atoms with Crippen molar-refractivity contribution in [1.29, 1.82) is 0 Å². The summed E-state index contributed by atoms with van der Waals surface area (Å²) in [4.78, 5) is 0. The van der Waals surface area contributed by atoms with E-state index in [0.29, 0.717) is 0 Å². The Kier molecular flexibility index (Phi) is 5.94. The van der Waals surface area contributed by atoms with Gasteiger partial charge in [-0.3, -0.25) is 0 Å². The van der Waals surface area contributed by atoms with E-state index in [-0.39, 0.29) is 0 Å². The molecule has 0 saturated heterocycles. The zero-order valence-corrected chi connectivity index (χ0v) is 10.6. The minimum absolute atomic E-state index is 0.739. The van der Waals surface area contributed by atoms with Crippen LogP contribution in [-0.2, 0) is 6.42 Å². The Morgan fingerprint density at radius 1 is 1.25 bits per heavy atom. The molecule has 0 radical (unpaired) electrons.